The highest BCUT2D eigenvalue weighted by Crippen LogP contribution is 2.34. The van der Waals surface area contributed by atoms with E-state index in [1.165, 1.54) is 0 Å². The van der Waals surface area contributed by atoms with E-state index in [0.717, 1.165) is 0 Å². The first-order valence-electron chi connectivity index (χ1n) is 7.12. The Labute approximate surface area is 127 Å². The molecule has 3 heteroatoms. The molecule has 0 amide bonds. The van der Waals surface area contributed by atoms with Gasteiger partial charge in [-0.15, -0.1) is 0 Å². The summed E-state index contributed by atoms with van der Waals surface area (Å²) in [7, 11) is 0. The lowest BCUT2D eigenvalue weighted by Crippen LogP contribution is -2.30. The zero-order chi connectivity index (χ0) is 15.3. The van der Waals surface area contributed by atoms with Crippen molar-refractivity contribution in [3.05, 3.63) is 35.9 Å². The van der Waals surface area contributed by atoms with Crippen LogP contribution in [0.25, 0.3) is 5.03 Å². The average molecular weight is 297 g/mol. The van der Waals surface area contributed by atoms with Crippen molar-refractivity contribution in [2.24, 2.45) is 11.8 Å². The van der Waals surface area contributed by atoms with E-state index < -0.39 is 5.60 Å². The molecule has 2 nitrogen and oxygen atoms in total. The number of aliphatic hydroxyl groups is 1. The fourth-order valence-corrected chi connectivity index (χ4v) is 2.97. The minimum Gasteiger partial charge on any atom is -0.507 e. The van der Waals surface area contributed by atoms with Gasteiger partial charge in [0.05, 0.1) is 10.6 Å². The van der Waals surface area contributed by atoms with Gasteiger partial charge < -0.3 is 10.2 Å². The van der Waals surface area contributed by atoms with Crippen LogP contribution in [0.4, 0.5) is 0 Å². The third kappa shape index (κ3) is 5.18. The molecule has 0 aliphatic carbocycles. The predicted molar refractivity (Wildman–Crippen MR) is 85.8 cm³/mol. The number of phenolic OH excluding ortho intramolecular Hbond substituents is 1. The van der Waals surface area contributed by atoms with E-state index in [1.807, 2.05) is 6.07 Å². The van der Waals surface area contributed by atoms with Gasteiger partial charge in [0.25, 0.3) is 0 Å². The van der Waals surface area contributed by atoms with Gasteiger partial charge in [-0.2, -0.15) is 0 Å². The van der Waals surface area contributed by atoms with Crippen LogP contribution in [-0.4, -0.2) is 15.8 Å². The van der Waals surface area contributed by atoms with Gasteiger partial charge in [-0.1, -0.05) is 51.4 Å². The first-order valence-corrected chi connectivity index (χ1v) is 7.50. The normalized spacial score (nSPS) is 13.3. The van der Waals surface area contributed by atoms with Crippen LogP contribution >= 0.6 is 11.6 Å². The number of para-hydroxylation sites is 1. The van der Waals surface area contributed by atoms with Crippen LogP contribution in [0, 0.1) is 11.8 Å². The summed E-state index contributed by atoms with van der Waals surface area (Å²) in [5.41, 5.74) is -0.387. The van der Waals surface area contributed by atoms with Crippen LogP contribution < -0.4 is 0 Å². The van der Waals surface area contributed by atoms with E-state index in [-0.39, 0.29) is 5.75 Å². The van der Waals surface area contributed by atoms with Gasteiger partial charge in [-0.3, -0.25) is 0 Å². The van der Waals surface area contributed by atoms with Crippen molar-refractivity contribution in [1.29, 1.82) is 0 Å². The number of aromatic hydroxyl groups is 1. The molecule has 0 atom stereocenters. The molecule has 0 spiro atoms. The van der Waals surface area contributed by atoms with Crippen molar-refractivity contribution in [2.75, 3.05) is 0 Å². The quantitative estimate of drug-likeness (QED) is 0.792. The van der Waals surface area contributed by atoms with Crippen molar-refractivity contribution in [3.63, 3.8) is 0 Å². The van der Waals surface area contributed by atoms with Crippen LogP contribution in [0.5, 0.6) is 5.75 Å². The van der Waals surface area contributed by atoms with E-state index in [0.29, 0.717) is 35.3 Å². The number of hydrogen-bond acceptors (Lipinski definition) is 2. The largest absolute Gasteiger partial charge is 0.507 e. The molecule has 0 fully saturated rings. The standard InChI is InChI=1S/C17H25ClO2/c1-12(2)9-17(20,10-13(3)4)11-15(18)14-7-5-6-8-16(14)19/h5-8,11-13,19-20H,9-10H2,1-4H3/b15-11+. The molecule has 0 heterocycles. The highest BCUT2D eigenvalue weighted by Gasteiger charge is 2.27. The minimum absolute atomic E-state index is 0.130. The molecular weight excluding hydrogens is 272 g/mol. The second-order valence-electron chi connectivity index (χ2n) is 6.31. The Morgan fingerprint density at radius 3 is 2.10 bits per heavy atom. The smallest absolute Gasteiger partial charge is 0.124 e. The van der Waals surface area contributed by atoms with Crippen LogP contribution in [0.15, 0.2) is 30.3 Å². The van der Waals surface area contributed by atoms with Gasteiger partial charge in [-0.25, -0.2) is 0 Å². The van der Waals surface area contributed by atoms with E-state index in [9.17, 15) is 10.2 Å². The Bertz CT molecular complexity index is 454. The van der Waals surface area contributed by atoms with Crippen molar-refractivity contribution < 1.29 is 10.2 Å². The summed E-state index contributed by atoms with van der Waals surface area (Å²) in [6, 6.07) is 6.90. The molecule has 0 saturated heterocycles. The van der Waals surface area contributed by atoms with Gasteiger partial charge in [0.2, 0.25) is 0 Å². The first kappa shape index (κ1) is 17.1. The fraction of sp³-hybridized carbons (Fsp3) is 0.529. The maximum atomic E-state index is 10.8. The molecule has 0 aliphatic rings. The Balaban J connectivity index is 3.09. The summed E-state index contributed by atoms with van der Waals surface area (Å²) in [5.74, 6) is 0.859. The average Bonchev–Trinajstić information content (AvgIpc) is 2.26. The van der Waals surface area contributed by atoms with E-state index in [2.05, 4.69) is 27.7 Å². The van der Waals surface area contributed by atoms with E-state index in [1.54, 1.807) is 24.3 Å². The van der Waals surface area contributed by atoms with E-state index >= 15 is 0 Å². The number of halogens is 1. The fourth-order valence-electron chi connectivity index (χ4n) is 2.60. The van der Waals surface area contributed by atoms with Crippen LogP contribution in [0.1, 0.15) is 46.1 Å². The lowest BCUT2D eigenvalue weighted by atomic mass is 9.84. The molecular formula is C17H25ClO2. The maximum absolute atomic E-state index is 10.8. The summed E-state index contributed by atoms with van der Waals surface area (Å²) in [6.45, 7) is 8.31. The first-order chi connectivity index (χ1) is 9.23. The molecule has 0 saturated carbocycles. The van der Waals surface area contributed by atoms with Crippen LogP contribution in [0.3, 0.4) is 0 Å². The van der Waals surface area contributed by atoms with E-state index in [4.69, 9.17) is 11.6 Å². The number of phenols is 1. The molecule has 2 N–H and O–H groups in total. The van der Waals surface area contributed by atoms with Crippen LogP contribution in [-0.2, 0) is 0 Å². The topological polar surface area (TPSA) is 40.5 Å². The van der Waals surface area contributed by atoms with Crippen LogP contribution in [0.2, 0.25) is 0 Å². The zero-order valence-electron chi connectivity index (χ0n) is 12.7. The molecule has 0 bridgehead atoms. The summed E-state index contributed by atoms with van der Waals surface area (Å²) in [5, 5.41) is 21.1. The molecule has 20 heavy (non-hydrogen) atoms. The summed E-state index contributed by atoms with van der Waals surface area (Å²) < 4.78 is 0. The van der Waals surface area contributed by atoms with Gasteiger partial charge in [0.15, 0.2) is 0 Å². The second kappa shape index (κ2) is 7.14. The summed E-state index contributed by atoms with van der Waals surface area (Å²) in [6.07, 6.45) is 2.98. The highest BCUT2D eigenvalue weighted by molar-refractivity contribution is 6.49. The molecule has 112 valence electrons. The molecule has 0 radical (unpaired) electrons. The lowest BCUT2D eigenvalue weighted by molar-refractivity contribution is 0.0477. The van der Waals surface area contributed by atoms with Gasteiger partial charge >= 0.3 is 0 Å². The third-order valence-electron chi connectivity index (χ3n) is 3.08. The predicted octanol–water partition coefficient (Wildman–Crippen LogP) is 4.80. The Morgan fingerprint density at radius 1 is 1.15 bits per heavy atom. The van der Waals surface area contributed by atoms with Gasteiger partial charge in [-0.05, 0) is 42.9 Å². The monoisotopic (exact) mass is 296 g/mol. The van der Waals surface area contributed by atoms with Gasteiger partial charge in [0, 0.05) is 5.56 Å². The molecule has 1 aromatic carbocycles. The maximum Gasteiger partial charge on any atom is 0.124 e. The van der Waals surface area contributed by atoms with Crippen molar-refractivity contribution >= 4 is 16.6 Å². The van der Waals surface area contributed by atoms with Crippen molar-refractivity contribution in [3.8, 4) is 5.75 Å². The minimum atomic E-state index is -0.943. The Kier molecular flexibility index (Phi) is 6.09. The molecule has 0 aliphatic heterocycles. The Morgan fingerprint density at radius 2 is 1.65 bits per heavy atom. The number of hydrogen-bond donors (Lipinski definition) is 2. The molecule has 0 unspecified atom stereocenters. The summed E-state index contributed by atoms with van der Waals surface area (Å²) >= 11 is 6.30. The highest BCUT2D eigenvalue weighted by atomic mass is 35.5. The van der Waals surface area contributed by atoms with Crippen molar-refractivity contribution in [2.45, 2.75) is 46.1 Å². The number of rotatable bonds is 6. The van der Waals surface area contributed by atoms with Gasteiger partial charge in [0.1, 0.15) is 5.75 Å². The molecule has 1 aromatic rings. The zero-order valence-corrected chi connectivity index (χ0v) is 13.5. The lowest BCUT2D eigenvalue weighted by Gasteiger charge is -2.29. The molecule has 0 aromatic heterocycles. The second-order valence-corrected chi connectivity index (χ2v) is 6.72. The SMILES string of the molecule is CC(C)CC(O)(/C=C(/Cl)c1ccccc1O)CC(C)C. The number of benzene rings is 1. The Hall–Kier alpha value is -0.990. The summed E-state index contributed by atoms with van der Waals surface area (Å²) in [4.78, 5) is 0. The third-order valence-corrected chi connectivity index (χ3v) is 3.39. The van der Waals surface area contributed by atoms with Crippen molar-refractivity contribution in [1.82, 2.24) is 0 Å². The molecule has 1 rings (SSSR count).